The molecular weight excluding hydrogens is 315 g/mol. The van der Waals surface area contributed by atoms with E-state index in [1.54, 1.807) is 12.1 Å². The lowest BCUT2D eigenvalue weighted by atomic mass is 9.85. The molecule has 4 nitrogen and oxygen atoms in total. The molecule has 1 aromatic carbocycles. The number of ether oxygens (including phenoxy) is 1. The average molecular weight is 336 g/mol. The molecule has 1 heterocycles. The van der Waals surface area contributed by atoms with E-state index in [4.69, 9.17) is 17.0 Å². The van der Waals surface area contributed by atoms with Crippen LogP contribution in [-0.4, -0.2) is 24.2 Å². The number of nitrogens with one attached hydrogen (secondary N) is 2. The summed E-state index contributed by atoms with van der Waals surface area (Å²) in [7, 11) is 1.36. The maximum atomic E-state index is 13.2. The van der Waals surface area contributed by atoms with E-state index in [0.29, 0.717) is 21.9 Å². The van der Waals surface area contributed by atoms with Crippen LogP contribution in [0.25, 0.3) is 5.70 Å². The molecule has 0 saturated carbocycles. The summed E-state index contributed by atoms with van der Waals surface area (Å²) in [4.78, 5) is 12.4. The van der Waals surface area contributed by atoms with Gasteiger partial charge in [0.05, 0.1) is 24.4 Å². The van der Waals surface area contributed by atoms with Crippen LogP contribution in [0.15, 0.2) is 29.8 Å². The van der Waals surface area contributed by atoms with Crippen molar-refractivity contribution in [1.29, 1.82) is 0 Å². The summed E-state index contributed by atoms with van der Waals surface area (Å²) in [6.45, 7) is 4.15. The Morgan fingerprint density at radius 1 is 1.30 bits per heavy atom. The number of benzene rings is 1. The van der Waals surface area contributed by atoms with Crippen molar-refractivity contribution in [2.24, 2.45) is 5.92 Å². The van der Waals surface area contributed by atoms with Crippen LogP contribution in [0.5, 0.6) is 0 Å². The van der Waals surface area contributed by atoms with Crippen LogP contribution in [0, 0.1) is 11.7 Å². The van der Waals surface area contributed by atoms with Gasteiger partial charge in [-0.05, 0) is 48.0 Å². The van der Waals surface area contributed by atoms with E-state index >= 15 is 0 Å². The largest absolute Gasteiger partial charge is 0.466 e. The van der Waals surface area contributed by atoms with E-state index in [0.717, 1.165) is 12.8 Å². The Morgan fingerprint density at radius 2 is 1.91 bits per heavy atom. The van der Waals surface area contributed by atoms with Crippen LogP contribution in [0.2, 0.25) is 0 Å². The first-order valence-corrected chi connectivity index (χ1v) is 8.08. The summed E-state index contributed by atoms with van der Waals surface area (Å²) in [5, 5.41) is 6.66. The highest BCUT2D eigenvalue weighted by molar-refractivity contribution is 7.80. The summed E-state index contributed by atoms with van der Waals surface area (Å²) in [5.74, 6) is -0.509. The third-order valence-corrected chi connectivity index (χ3v) is 4.38. The van der Waals surface area contributed by atoms with Crippen LogP contribution < -0.4 is 10.6 Å². The minimum atomic E-state index is -0.413. The first-order chi connectivity index (χ1) is 11.0. The van der Waals surface area contributed by atoms with Gasteiger partial charge in [0.25, 0.3) is 0 Å². The molecule has 1 aliphatic rings. The molecule has 1 unspecified atom stereocenters. The number of carbonyl (C=O) groups excluding carboxylic acids is 1. The SMILES string of the molecule is CCC(CC)C1NC(=S)NC(c2ccc(F)cc2)=C1C(=O)OC. The molecule has 124 valence electrons. The molecule has 0 spiro atoms. The fraction of sp³-hybridized carbons (Fsp3) is 0.412. The van der Waals surface area contributed by atoms with Gasteiger partial charge in [0.2, 0.25) is 0 Å². The topological polar surface area (TPSA) is 50.4 Å². The Labute approximate surface area is 141 Å². The molecule has 1 atom stereocenters. The molecule has 0 radical (unpaired) electrons. The lowest BCUT2D eigenvalue weighted by Crippen LogP contribution is -2.52. The van der Waals surface area contributed by atoms with E-state index in [-0.39, 0.29) is 17.8 Å². The summed E-state index contributed by atoms with van der Waals surface area (Å²) < 4.78 is 18.2. The summed E-state index contributed by atoms with van der Waals surface area (Å²) in [6, 6.07) is 5.73. The first kappa shape index (κ1) is 17.4. The molecule has 0 amide bonds. The quantitative estimate of drug-likeness (QED) is 0.639. The van der Waals surface area contributed by atoms with Crippen molar-refractivity contribution in [1.82, 2.24) is 10.6 Å². The summed E-state index contributed by atoms with van der Waals surface area (Å²) >= 11 is 5.29. The molecule has 0 aromatic heterocycles. The van der Waals surface area contributed by atoms with Gasteiger partial charge in [0, 0.05) is 0 Å². The minimum Gasteiger partial charge on any atom is -0.466 e. The second kappa shape index (κ2) is 7.55. The van der Waals surface area contributed by atoms with Gasteiger partial charge < -0.3 is 15.4 Å². The predicted molar refractivity (Wildman–Crippen MR) is 92.1 cm³/mol. The lowest BCUT2D eigenvalue weighted by molar-refractivity contribution is -0.136. The number of hydrogen-bond acceptors (Lipinski definition) is 3. The highest BCUT2D eigenvalue weighted by atomic mass is 32.1. The van der Waals surface area contributed by atoms with Crippen LogP contribution in [0.1, 0.15) is 32.3 Å². The second-order valence-corrected chi connectivity index (χ2v) is 5.85. The standard InChI is InChI=1S/C17H21FN2O2S/c1-4-10(5-2)14-13(16(21)22-3)15(20-17(23)19-14)11-6-8-12(18)9-7-11/h6-10,14H,4-5H2,1-3H3,(H2,19,20,23). The molecule has 23 heavy (non-hydrogen) atoms. The van der Waals surface area contributed by atoms with Crippen LogP contribution in [0.3, 0.4) is 0 Å². The number of esters is 1. The molecular formula is C17H21FN2O2S. The normalized spacial score (nSPS) is 17.8. The zero-order valence-electron chi connectivity index (χ0n) is 13.5. The highest BCUT2D eigenvalue weighted by Gasteiger charge is 2.35. The minimum absolute atomic E-state index is 0.230. The second-order valence-electron chi connectivity index (χ2n) is 5.44. The molecule has 2 rings (SSSR count). The molecule has 0 bridgehead atoms. The van der Waals surface area contributed by atoms with Gasteiger partial charge in [-0.2, -0.15) is 0 Å². The van der Waals surface area contributed by atoms with Gasteiger partial charge in [-0.25, -0.2) is 9.18 Å². The van der Waals surface area contributed by atoms with Gasteiger partial charge in [-0.1, -0.05) is 26.7 Å². The Morgan fingerprint density at radius 3 is 2.43 bits per heavy atom. The molecule has 1 aliphatic heterocycles. The zero-order chi connectivity index (χ0) is 17.0. The van der Waals surface area contributed by atoms with Crippen molar-refractivity contribution in [3.8, 4) is 0 Å². The van der Waals surface area contributed by atoms with E-state index in [1.165, 1.54) is 19.2 Å². The third-order valence-electron chi connectivity index (χ3n) is 4.16. The van der Waals surface area contributed by atoms with Crippen molar-refractivity contribution >= 4 is 29.0 Å². The predicted octanol–water partition coefficient (Wildman–Crippen LogP) is 2.99. The van der Waals surface area contributed by atoms with E-state index < -0.39 is 5.97 Å². The number of carbonyl (C=O) groups is 1. The number of rotatable bonds is 5. The molecule has 0 saturated heterocycles. The van der Waals surface area contributed by atoms with E-state index in [1.807, 2.05) is 0 Å². The van der Waals surface area contributed by atoms with Gasteiger partial charge in [0.15, 0.2) is 5.11 Å². The Hall–Kier alpha value is -1.95. The van der Waals surface area contributed by atoms with Gasteiger partial charge in [-0.15, -0.1) is 0 Å². The van der Waals surface area contributed by atoms with Crippen LogP contribution in [0.4, 0.5) is 4.39 Å². The number of halogens is 1. The molecule has 2 N–H and O–H groups in total. The van der Waals surface area contributed by atoms with Crippen molar-refractivity contribution in [3.05, 3.63) is 41.2 Å². The number of thiocarbonyl (C=S) groups is 1. The van der Waals surface area contributed by atoms with Crippen molar-refractivity contribution in [2.75, 3.05) is 7.11 Å². The molecule has 0 fully saturated rings. The van der Waals surface area contributed by atoms with Gasteiger partial charge >= 0.3 is 5.97 Å². The average Bonchev–Trinajstić information content (AvgIpc) is 2.55. The van der Waals surface area contributed by atoms with Crippen molar-refractivity contribution < 1.29 is 13.9 Å². The van der Waals surface area contributed by atoms with Crippen LogP contribution >= 0.6 is 12.2 Å². The first-order valence-electron chi connectivity index (χ1n) is 7.67. The van der Waals surface area contributed by atoms with Crippen molar-refractivity contribution in [3.63, 3.8) is 0 Å². The van der Waals surface area contributed by atoms with Crippen LogP contribution in [-0.2, 0) is 9.53 Å². The fourth-order valence-electron chi connectivity index (χ4n) is 2.88. The smallest absolute Gasteiger partial charge is 0.337 e. The van der Waals surface area contributed by atoms with Gasteiger partial charge in [0.1, 0.15) is 5.82 Å². The number of hydrogen-bond donors (Lipinski definition) is 2. The fourth-order valence-corrected chi connectivity index (χ4v) is 3.11. The zero-order valence-corrected chi connectivity index (χ0v) is 14.3. The molecule has 1 aromatic rings. The maximum Gasteiger partial charge on any atom is 0.337 e. The maximum absolute atomic E-state index is 13.2. The number of methoxy groups -OCH3 is 1. The Bertz CT molecular complexity index is 624. The van der Waals surface area contributed by atoms with E-state index in [9.17, 15) is 9.18 Å². The summed E-state index contributed by atoms with van der Waals surface area (Å²) in [6.07, 6.45) is 1.79. The lowest BCUT2D eigenvalue weighted by Gasteiger charge is -2.35. The molecule has 6 heteroatoms. The Balaban J connectivity index is 2.59. The van der Waals surface area contributed by atoms with Gasteiger partial charge in [-0.3, -0.25) is 0 Å². The highest BCUT2D eigenvalue weighted by Crippen LogP contribution is 2.29. The Kier molecular flexibility index (Phi) is 5.71. The third kappa shape index (κ3) is 3.69. The van der Waals surface area contributed by atoms with E-state index in [2.05, 4.69) is 24.5 Å². The summed E-state index contributed by atoms with van der Waals surface area (Å²) in [5.41, 5.74) is 1.78. The van der Waals surface area contributed by atoms with Crippen molar-refractivity contribution in [2.45, 2.75) is 32.7 Å². The monoisotopic (exact) mass is 336 g/mol. The molecule has 0 aliphatic carbocycles.